The molecule has 0 aliphatic carbocycles. The number of rotatable bonds is 7. The Morgan fingerprint density at radius 1 is 1.22 bits per heavy atom. The van der Waals surface area contributed by atoms with E-state index >= 15 is 0 Å². The van der Waals surface area contributed by atoms with Crippen LogP contribution >= 0.6 is 0 Å². The molecular weight excluding hydrogens is 358 g/mol. The van der Waals surface area contributed by atoms with E-state index in [0.29, 0.717) is 5.56 Å². The van der Waals surface area contributed by atoms with Gasteiger partial charge in [0.05, 0.1) is 12.1 Å². The van der Waals surface area contributed by atoms with Crippen LogP contribution in [0.1, 0.15) is 29.6 Å². The van der Waals surface area contributed by atoms with E-state index in [-0.39, 0.29) is 31.7 Å². The highest BCUT2D eigenvalue weighted by atomic mass is 16.7. The van der Waals surface area contributed by atoms with Gasteiger partial charge in [0.1, 0.15) is 0 Å². The van der Waals surface area contributed by atoms with Gasteiger partial charge in [-0.25, -0.2) is 4.79 Å². The zero-order valence-corrected chi connectivity index (χ0v) is 14.4. The number of amides is 2. The summed E-state index contributed by atoms with van der Waals surface area (Å²) in [5, 5.41) is 20.3. The minimum absolute atomic E-state index is 0.0100. The highest BCUT2D eigenvalue weighted by Crippen LogP contribution is 2.21. The van der Waals surface area contributed by atoms with Crippen molar-refractivity contribution in [2.24, 2.45) is 5.73 Å². The Bertz CT molecular complexity index is 710. The molecule has 1 saturated heterocycles. The molecule has 0 saturated carbocycles. The number of carboxylic acid groups (broad SMARTS) is 2. The van der Waals surface area contributed by atoms with Gasteiger partial charge in [-0.3, -0.25) is 14.4 Å². The van der Waals surface area contributed by atoms with Gasteiger partial charge in [0, 0.05) is 24.9 Å². The SMILES string of the molecule is NC(CCC(=O)O)C(=O)N1C[C@H](NC(=O)c2ccccc2)C[C@@H]1OC(=O)O. The zero-order chi connectivity index (χ0) is 20.0. The zero-order valence-electron chi connectivity index (χ0n) is 14.4. The second kappa shape index (κ2) is 8.99. The molecule has 2 rings (SSSR count). The van der Waals surface area contributed by atoms with Crippen molar-refractivity contribution in [2.45, 2.75) is 37.6 Å². The van der Waals surface area contributed by atoms with E-state index in [1.165, 1.54) is 0 Å². The number of hydrogen-bond acceptors (Lipinski definition) is 6. The number of nitrogens with two attached hydrogens (primary N) is 1. The number of carbonyl (C=O) groups excluding carboxylic acids is 2. The number of benzene rings is 1. The quantitative estimate of drug-likeness (QED) is 0.490. The number of ether oxygens (including phenoxy) is 1. The first-order chi connectivity index (χ1) is 12.8. The maximum Gasteiger partial charge on any atom is 0.507 e. The molecule has 1 fully saturated rings. The van der Waals surface area contributed by atoms with Crippen LogP contribution in [0.5, 0.6) is 0 Å². The summed E-state index contributed by atoms with van der Waals surface area (Å²) < 4.78 is 4.74. The maximum absolute atomic E-state index is 12.5. The lowest BCUT2D eigenvalue weighted by Gasteiger charge is -2.25. The molecule has 0 spiro atoms. The first-order valence-electron chi connectivity index (χ1n) is 8.31. The Labute approximate surface area is 154 Å². The fourth-order valence-corrected chi connectivity index (χ4v) is 2.84. The predicted molar refractivity (Wildman–Crippen MR) is 91.8 cm³/mol. The molecule has 0 aromatic heterocycles. The van der Waals surface area contributed by atoms with Gasteiger partial charge in [0.25, 0.3) is 5.91 Å². The van der Waals surface area contributed by atoms with Gasteiger partial charge in [-0.1, -0.05) is 18.2 Å². The molecule has 27 heavy (non-hydrogen) atoms. The maximum atomic E-state index is 12.5. The van der Waals surface area contributed by atoms with E-state index in [1.807, 2.05) is 0 Å². The average molecular weight is 379 g/mol. The molecule has 0 bridgehead atoms. The van der Waals surface area contributed by atoms with Crippen molar-refractivity contribution in [3.05, 3.63) is 35.9 Å². The molecule has 1 unspecified atom stereocenters. The van der Waals surface area contributed by atoms with Crippen LogP contribution in [0.2, 0.25) is 0 Å². The standard InChI is InChI=1S/C17H21N3O7/c18-12(6-7-14(21)22)16(24)20-9-11(8-13(20)27-17(25)26)19-15(23)10-4-2-1-3-5-10/h1-5,11-13H,6-9,18H2,(H,19,23)(H,21,22)(H,25,26)/t11-,12?,13+/m1/s1. The second-order valence-corrected chi connectivity index (χ2v) is 6.14. The smallest absolute Gasteiger partial charge is 0.481 e. The minimum atomic E-state index is -1.56. The van der Waals surface area contributed by atoms with E-state index < -0.39 is 36.3 Å². The summed E-state index contributed by atoms with van der Waals surface area (Å²) in [4.78, 5) is 47.4. The number of nitrogens with zero attached hydrogens (tertiary/aromatic N) is 1. The molecule has 1 aliphatic rings. The molecule has 0 radical (unpaired) electrons. The van der Waals surface area contributed by atoms with E-state index in [4.69, 9.17) is 20.7 Å². The van der Waals surface area contributed by atoms with Crippen LogP contribution in [0.4, 0.5) is 4.79 Å². The van der Waals surface area contributed by atoms with Crippen LogP contribution in [0.3, 0.4) is 0 Å². The molecule has 2 amide bonds. The third-order valence-corrected chi connectivity index (χ3v) is 4.13. The summed E-state index contributed by atoms with van der Waals surface area (Å²) in [5.74, 6) is -2.08. The molecule has 3 atom stereocenters. The number of carbonyl (C=O) groups is 4. The van der Waals surface area contributed by atoms with E-state index in [2.05, 4.69) is 5.32 Å². The molecular formula is C17H21N3O7. The summed E-state index contributed by atoms with van der Waals surface area (Å²) in [6.45, 7) is 0.0100. The second-order valence-electron chi connectivity index (χ2n) is 6.14. The van der Waals surface area contributed by atoms with Crippen molar-refractivity contribution in [1.82, 2.24) is 10.2 Å². The summed E-state index contributed by atoms with van der Waals surface area (Å²) in [6, 6.07) is 6.79. The Kier molecular flexibility index (Phi) is 6.72. The van der Waals surface area contributed by atoms with Gasteiger partial charge in [-0.05, 0) is 18.6 Å². The van der Waals surface area contributed by atoms with Gasteiger partial charge in [0.2, 0.25) is 5.91 Å². The largest absolute Gasteiger partial charge is 0.507 e. The van der Waals surface area contributed by atoms with Crippen molar-refractivity contribution in [3.63, 3.8) is 0 Å². The number of nitrogens with one attached hydrogen (secondary N) is 1. The number of aliphatic carboxylic acids is 1. The van der Waals surface area contributed by atoms with Crippen LogP contribution in [-0.4, -0.2) is 63.9 Å². The van der Waals surface area contributed by atoms with Gasteiger partial charge in [-0.2, -0.15) is 0 Å². The van der Waals surface area contributed by atoms with E-state index in [1.54, 1.807) is 30.3 Å². The Morgan fingerprint density at radius 3 is 2.48 bits per heavy atom. The lowest BCUT2D eigenvalue weighted by atomic mass is 10.1. The summed E-state index contributed by atoms with van der Waals surface area (Å²) >= 11 is 0. The normalized spacial score (nSPS) is 20.0. The number of carboxylic acids is 1. The van der Waals surface area contributed by atoms with Crippen molar-refractivity contribution in [1.29, 1.82) is 0 Å². The van der Waals surface area contributed by atoms with Crippen LogP contribution in [0.15, 0.2) is 30.3 Å². The fourth-order valence-electron chi connectivity index (χ4n) is 2.84. The molecule has 10 nitrogen and oxygen atoms in total. The fraction of sp³-hybridized carbons (Fsp3) is 0.412. The minimum Gasteiger partial charge on any atom is -0.481 e. The van der Waals surface area contributed by atoms with Crippen LogP contribution in [0.25, 0.3) is 0 Å². The Hall–Kier alpha value is -3.14. The summed E-state index contributed by atoms with van der Waals surface area (Å²) in [7, 11) is 0. The topological polar surface area (TPSA) is 159 Å². The van der Waals surface area contributed by atoms with Gasteiger partial charge >= 0.3 is 12.1 Å². The van der Waals surface area contributed by atoms with Crippen LogP contribution in [0, 0.1) is 0 Å². The predicted octanol–water partition coefficient (Wildman–Crippen LogP) is 0.230. The summed E-state index contributed by atoms with van der Waals surface area (Å²) in [6.07, 6.45) is -2.98. The van der Waals surface area contributed by atoms with Crippen LogP contribution in [-0.2, 0) is 14.3 Å². The van der Waals surface area contributed by atoms with Gasteiger partial charge in [-0.15, -0.1) is 0 Å². The molecule has 5 N–H and O–H groups in total. The van der Waals surface area contributed by atoms with Crippen molar-refractivity contribution in [3.8, 4) is 0 Å². The molecule has 10 heteroatoms. The van der Waals surface area contributed by atoms with Crippen molar-refractivity contribution >= 4 is 23.9 Å². The first kappa shape index (κ1) is 20.2. The monoisotopic (exact) mass is 379 g/mol. The third kappa shape index (κ3) is 5.68. The molecule has 1 heterocycles. The number of likely N-dealkylation sites (tertiary alicyclic amines) is 1. The van der Waals surface area contributed by atoms with Crippen molar-refractivity contribution < 1.29 is 34.1 Å². The Morgan fingerprint density at radius 2 is 1.89 bits per heavy atom. The summed E-state index contributed by atoms with van der Waals surface area (Å²) in [5.41, 5.74) is 6.16. The lowest BCUT2D eigenvalue weighted by molar-refractivity contribution is -0.141. The van der Waals surface area contributed by atoms with Crippen molar-refractivity contribution in [2.75, 3.05) is 6.54 Å². The van der Waals surface area contributed by atoms with Crippen LogP contribution < -0.4 is 11.1 Å². The van der Waals surface area contributed by atoms with E-state index in [9.17, 15) is 19.2 Å². The van der Waals surface area contributed by atoms with Gasteiger partial charge in [0.15, 0.2) is 6.23 Å². The number of hydrogen-bond donors (Lipinski definition) is 4. The first-order valence-corrected chi connectivity index (χ1v) is 8.31. The molecule has 146 valence electrons. The highest BCUT2D eigenvalue weighted by Gasteiger charge is 2.40. The third-order valence-electron chi connectivity index (χ3n) is 4.13. The Balaban J connectivity index is 2.04. The van der Waals surface area contributed by atoms with Gasteiger partial charge < -0.3 is 30.9 Å². The molecule has 1 aromatic carbocycles. The molecule has 1 aromatic rings. The average Bonchev–Trinajstić information content (AvgIpc) is 3.01. The van der Waals surface area contributed by atoms with E-state index in [0.717, 1.165) is 4.90 Å². The highest BCUT2D eigenvalue weighted by molar-refractivity contribution is 5.94. The lowest BCUT2D eigenvalue weighted by Crippen LogP contribution is -2.48. The molecule has 1 aliphatic heterocycles.